The van der Waals surface area contributed by atoms with E-state index >= 15 is 0 Å². The molecule has 0 aromatic carbocycles. The lowest BCUT2D eigenvalue weighted by Gasteiger charge is -2.27. The summed E-state index contributed by atoms with van der Waals surface area (Å²) in [5.74, 6) is 1.87. The standard InChI is InChI=1S/C14H23N3/c1-3-15-14-10-13(8-9-16-14)17-12-6-4-11(2)5-7-12/h8-12H,3-7H2,1-2H3,(H2,15,16,17). The molecular weight excluding hydrogens is 210 g/mol. The van der Waals surface area contributed by atoms with Crippen LogP contribution in [0.15, 0.2) is 18.3 Å². The molecule has 17 heavy (non-hydrogen) atoms. The van der Waals surface area contributed by atoms with E-state index in [4.69, 9.17) is 0 Å². The number of nitrogens with one attached hydrogen (secondary N) is 2. The molecule has 94 valence electrons. The minimum Gasteiger partial charge on any atom is -0.382 e. The summed E-state index contributed by atoms with van der Waals surface area (Å²) in [4.78, 5) is 4.28. The lowest BCUT2D eigenvalue weighted by atomic mass is 9.87. The highest BCUT2D eigenvalue weighted by Gasteiger charge is 2.17. The van der Waals surface area contributed by atoms with Crippen molar-refractivity contribution < 1.29 is 0 Å². The molecule has 2 rings (SSSR count). The Morgan fingerprint density at radius 2 is 2.06 bits per heavy atom. The van der Waals surface area contributed by atoms with Crippen LogP contribution in [0.3, 0.4) is 0 Å². The van der Waals surface area contributed by atoms with Crippen molar-refractivity contribution in [3.8, 4) is 0 Å². The van der Waals surface area contributed by atoms with Crippen LogP contribution in [0.5, 0.6) is 0 Å². The minimum absolute atomic E-state index is 0.642. The van der Waals surface area contributed by atoms with Gasteiger partial charge in [-0.2, -0.15) is 0 Å². The highest BCUT2D eigenvalue weighted by Crippen LogP contribution is 2.26. The first-order valence-electron chi connectivity index (χ1n) is 6.74. The van der Waals surface area contributed by atoms with Crippen LogP contribution in [0.25, 0.3) is 0 Å². The molecule has 0 atom stereocenters. The Morgan fingerprint density at radius 1 is 1.29 bits per heavy atom. The highest BCUT2D eigenvalue weighted by atomic mass is 15.0. The minimum atomic E-state index is 0.642. The van der Waals surface area contributed by atoms with Gasteiger partial charge in [-0.1, -0.05) is 6.92 Å². The van der Waals surface area contributed by atoms with Crippen molar-refractivity contribution in [2.75, 3.05) is 17.2 Å². The summed E-state index contributed by atoms with van der Waals surface area (Å²) in [6.45, 7) is 5.35. The fraction of sp³-hybridized carbons (Fsp3) is 0.643. The Morgan fingerprint density at radius 3 is 2.76 bits per heavy atom. The molecule has 1 saturated carbocycles. The van der Waals surface area contributed by atoms with Gasteiger partial charge >= 0.3 is 0 Å². The Balaban J connectivity index is 1.91. The van der Waals surface area contributed by atoms with E-state index in [1.54, 1.807) is 0 Å². The zero-order chi connectivity index (χ0) is 12.1. The first kappa shape index (κ1) is 12.2. The van der Waals surface area contributed by atoms with Crippen molar-refractivity contribution >= 4 is 11.5 Å². The van der Waals surface area contributed by atoms with Gasteiger partial charge in [-0.25, -0.2) is 4.98 Å². The Bertz CT molecular complexity index is 343. The van der Waals surface area contributed by atoms with E-state index in [9.17, 15) is 0 Å². The van der Waals surface area contributed by atoms with Crippen LogP contribution in [0.1, 0.15) is 39.5 Å². The van der Waals surface area contributed by atoms with Gasteiger partial charge in [0, 0.05) is 30.5 Å². The van der Waals surface area contributed by atoms with Crippen LogP contribution in [-0.2, 0) is 0 Å². The number of nitrogens with zero attached hydrogens (tertiary/aromatic N) is 1. The molecular formula is C14H23N3. The zero-order valence-corrected chi connectivity index (χ0v) is 10.9. The summed E-state index contributed by atoms with van der Waals surface area (Å²) >= 11 is 0. The fourth-order valence-electron chi connectivity index (χ4n) is 2.44. The summed E-state index contributed by atoms with van der Waals surface area (Å²) in [6.07, 6.45) is 7.15. The van der Waals surface area contributed by atoms with Crippen LogP contribution in [0.4, 0.5) is 11.5 Å². The van der Waals surface area contributed by atoms with Crippen molar-refractivity contribution in [2.45, 2.75) is 45.6 Å². The summed E-state index contributed by atoms with van der Waals surface area (Å²) in [6, 6.07) is 4.79. The summed E-state index contributed by atoms with van der Waals surface area (Å²) in [5.41, 5.74) is 1.19. The van der Waals surface area contributed by atoms with E-state index in [0.717, 1.165) is 18.3 Å². The molecule has 0 radical (unpaired) electrons. The molecule has 0 aliphatic heterocycles. The lowest BCUT2D eigenvalue weighted by Crippen LogP contribution is -2.25. The smallest absolute Gasteiger partial charge is 0.127 e. The second-order valence-corrected chi connectivity index (χ2v) is 5.06. The van der Waals surface area contributed by atoms with Gasteiger partial charge in [-0.3, -0.25) is 0 Å². The molecule has 1 fully saturated rings. The Hall–Kier alpha value is -1.25. The first-order chi connectivity index (χ1) is 8.28. The quantitative estimate of drug-likeness (QED) is 0.835. The largest absolute Gasteiger partial charge is 0.382 e. The molecule has 1 aliphatic rings. The van der Waals surface area contributed by atoms with Gasteiger partial charge in [0.2, 0.25) is 0 Å². The summed E-state index contributed by atoms with van der Waals surface area (Å²) < 4.78 is 0. The van der Waals surface area contributed by atoms with Crippen molar-refractivity contribution in [3.63, 3.8) is 0 Å². The zero-order valence-electron chi connectivity index (χ0n) is 10.9. The topological polar surface area (TPSA) is 37.0 Å². The number of anilines is 2. The fourth-order valence-corrected chi connectivity index (χ4v) is 2.44. The van der Waals surface area contributed by atoms with Crippen LogP contribution in [0, 0.1) is 5.92 Å². The van der Waals surface area contributed by atoms with Gasteiger partial charge in [0.05, 0.1) is 0 Å². The predicted molar refractivity (Wildman–Crippen MR) is 73.4 cm³/mol. The normalized spacial score (nSPS) is 24.4. The van der Waals surface area contributed by atoms with Gasteiger partial charge < -0.3 is 10.6 Å². The molecule has 1 aromatic heterocycles. The Labute approximate surface area is 104 Å². The first-order valence-corrected chi connectivity index (χ1v) is 6.74. The predicted octanol–water partition coefficient (Wildman–Crippen LogP) is 3.50. The summed E-state index contributed by atoms with van der Waals surface area (Å²) in [7, 11) is 0. The van der Waals surface area contributed by atoms with Crippen molar-refractivity contribution in [1.29, 1.82) is 0 Å². The van der Waals surface area contributed by atoms with Gasteiger partial charge in [-0.05, 0) is 44.6 Å². The van der Waals surface area contributed by atoms with Gasteiger partial charge in [0.1, 0.15) is 5.82 Å². The number of pyridine rings is 1. The van der Waals surface area contributed by atoms with E-state index in [2.05, 4.69) is 41.6 Å². The van der Waals surface area contributed by atoms with Gasteiger partial charge in [-0.15, -0.1) is 0 Å². The van der Waals surface area contributed by atoms with Crippen molar-refractivity contribution in [2.24, 2.45) is 5.92 Å². The molecule has 0 unspecified atom stereocenters. The van der Waals surface area contributed by atoms with Crippen LogP contribution >= 0.6 is 0 Å². The van der Waals surface area contributed by atoms with Crippen LogP contribution < -0.4 is 10.6 Å². The van der Waals surface area contributed by atoms with Crippen LogP contribution in [0.2, 0.25) is 0 Å². The van der Waals surface area contributed by atoms with Crippen LogP contribution in [-0.4, -0.2) is 17.6 Å². The van der Waals surface area contributed by atoms with E-state index < -0.39 is 0 Å². The molecule has 1 heterocycles. The number of hydrogen-bond donors (Lipinski definition) is 2. The molecule has 3 heteroatoms. The number of aromatic nitrogens is 1. The highest BCUT2D eigenvalue weighted by molar-refractivity contribution is 5.52. The molecule has 1 aromatic rings. The molecule has 0 spiro atoms. The Kier molecular flexibility index (Phi) is 4.24. The summed E-state index contributed by atoms with van der Waals surface area (Å²) in [5, 5.41) is 6.86. The maximum atomic E-state index is 4.28. The molecule has 0 bridgehead atoms. The maximum Gasteiger partial charge on any atom is 0.127 e. The van der Waals surface area contributed by atoms with E-state index in [-0.39, 0.29) is 0 Å². The van der Waals surface area contributed by atoms with Crippen molar-refractivity contribution in [3.05, 3.63) is 18.3 Å². The second-order valence-electron chi connectivity index (χ2n) is 5.06. The molecule has 3 nitrogen and oxygen atoms in total. The average molecular weight is 233 g/mol. The molecule has 0 amide bonds. The number of rotatable bonds is 4. The third kappa shape index (κ3) is 3.62. The van der Waals surface area contributed by atoms with Gasteiger partial charge in [0.25, 0.3) is 0 Å². The second kappa shape index (κ2) is 5.89. The van der Waals surface area contributed by atoms with E-state index in [0.29, 0.717) is 6.04 Å². The maximum absolute atomic E-state index is 4.28. The van der Waals surface area contributed by atoms with E-state index in [1.807, 2.05) is 6.20 Å². The van der Waals surface area contributed by atoms with E-state index in [1.165, 1.54) is 31.4 Å². The average Bonchev–Trinajstić information content (AvgIpc) is 2.33. The SMILES string of the molecule is CCNc1cc(NC2CCC(C)CC2)ccn1. The molecule has 1 aliphatic carbocycles. The monoisotopic (exact) mass is 233 g/mol. The van der Waals surface area contributed by atoms with Crippen molar-refractivity contribution in [1.82, 2.24) is 4.98 Å². The molecule has 2 N–H and O–H groups in total. The third-order valence-corrected chi connectivity index (χ3v) is 3.50. The third-order valence-electron chi connectivity index (χ3n) is 3.50. The van der Waals surface area contributed by atoms with Gasteiger partial charge in [0.15, 0.2) is 0 Å². The lowest BCUT2D eigenvalue weighted by molar-refractivity contribution is 0.361. The molecule has 0 saturated heterocycles. The number of hydrogen-bond acceptors (Lipinski definition) is 3.